The average Bonchev–Trinajstić information content (AvgIpc) is 1.83. The predicted molar refractivity (Wildman–Crippen MR) is 33.8 cm³/mol. The molecule has 72 valence electrons. The van der Waals surface area contributed by atoms with Crippen LogP contribution in [-0.2, 0) is 9.63 Å². The van der Waals surface area contributed by atoms with Gasteiger partial charge in [-0.25, -0.2) is 5.48 Å². The van der Waals surface area contributed by atoms with E-state index in [-0.39, 0.29) is 0 Å². The molecule has 0 aliphatic carbocycles. The molecule has 0 saturated carbocycles. The van der Waals surface area contributed by atoms with Crippen LogP contribution in [0.3, 0.4) is 0 Å². The van der Waals surface area contributed by atoms with Crippen molar-refractivity contribution in [3.63, 3.8) is 0 Å². The molecule has 0 heterocycles. The molecule has 0 radical (unpaired) electrons. The van der Waals surface area contributed by atoms with E-state index >= 15 is 0 Å². The van der Waals surface area contributed by atoms with Gasteiger partial charge in [0, 0.05) is 6.54 Å². The van der Waals surface area contributed by atoms with Crippen LogP contribution in [0.5, 0.6) is 0 Å². The largest absolute Gasteiger partial charge is 0.390 e. The molecule has 0 aromatic carbocycles. The van der Waals surface area contributed by atoms with Gasteiger partial charge in [-0.3, -0.25) is 9.63 Å². The van der Waals surface area contributed by atoms with Crippen molar-refractivity contribution in [2.75, 3.05) is 13.2 Å². The summed E-state index contributed by atoms with van der Waals surface area (Å²) >= 11 is 0. The number of alkyl halides is 3. The third-order valence-corrected chi connectivity index (χ3v) is 0.827. The van der Waals surface area contributed by atoms with Crippen LogP contribution in [0, 0.1) is 0 Å². The quantitative estimate of drug-likeness (QED) is 0.467. The van der Waals surface area contributed by atoms with Crippen LogP contribution < -0.4 is 11.2 Å². The number of amides is 1. The maximum atomic E-state index is 11.5. The number of carbonyl (C=O) groups excluding carboxylic acids is 1. The molecule has 0 aliphatic rings. The minimum absolute atomic E-state index is 0.392. The molecule has 1 amide bonds. The van der Waals surface area contributed by atoms with Gasteiger partial charge in [0.05, 0.1) is 6.42 Å². The van der Waals surface area contributed by atoms with E-state index in [1.54, 1.807) is 0 Å². The minimum atomic E-state index is -4.22. The van der Waals surface area contributed by atoms with E-state index in [0.29, 0.717) is 0 Å². The first-order valence-corrected chi connectivity index (χ1v) is 3.11. The third kappa shape index (κ3) is 9.18. The molecule has 0 aromatic rings. The Morgan fingerprint density at radius 3 is 2.50 bits per heavy atom. The first-order chi connectivity index (χ1) is 5.42. The summed E-state index contributed by atoms with van der Waals surface area (Å²) in [5.74, 6) is -0.741. The Balaban J connectivity index is 3.17. The summed E-state index contributed by atoms with van der Waals surface area (Å²) in [7, 11) is 0. The number of nitrogens with two attached hydrogens (primary N) is 1. The van der Waals surface area contributed by atoms with Gasteiger partial charge >= 0.3 is 6.18 Å². The number of primary amides is 1. The highest BCUT2D eigenvalue weighted by atomic mass is 19.4. The molecule has 0 saturated heterocycles. The second-order valence-corrected chi connectivity index (χ2v) is 2.01. The van der Waals surface area contributed by atoms with E-state index < -0.39 is 31.7 Å². The summed E-state index contributed by atoms with van der Waals surface area (Å²) in [4.78, 5) is 14.3. The van der Waals surface area contributed by atoms with Gasteiger partial charge < -0.3 is 5.73 Å². The average molecular weight is 186 g/mol. The lowest BCUT2D eigenvalue weighted by atomic mass is 10.4. The van der Waals surface area contributed by atoms with E-state index in [9.17, 15) is 18.0 Å². The van der Waals surface area contributed by atoms with Crippen LogP contribution >= 0.6 is 0 Å². The molecule has 4 nitrogen and oxygen atoms in total. The second-order valence-electron chi connectivity index (χ2n) is 2.01. The van der Waals surface area contributed by atoms with Crippen molar-refractivity contribution in [1.29, 1.82) is 0 Å². The van der Waals surface area contributed by atoms with Crippen LogP contribution in [0.1, 0.15) is 6.42 Å². The zero-order valence-corrected chi connectivity index (χ0v) is 6.15. The normalized spacial score (nSPS) is 11.6. The van der Waals surface area contributed by atoms with Gasteiger partial charge in [0.1, 0.15) is 6.61 Å². The first-order valence-electron chi connectivity index (χ1n) is 3.11. The molecule has 0 aromatic heterocycles. The third-order valence-electron chi connectivity index (χ3n) is 0.827. The Hall–Kier alpha value is -0.820. The zero-order valence-electron chi connectivity index (χ0n) is 6.15. The summed E-state index contributed by atoms with van der Waals surface area (Å²) in [6.45, 7) is -0.825. The van der Waals surface area contributed by atoms with E-state index in [1.807, 2.05) is 5.48 Å². The number of hydroxylamine groups is 1. The Kier molecular flexibility index (Phi) is 4.60. The van der Waals surface area contributed by atoms with Crippen LogP contribution in [0.15, 0.2) is 0 Å². The molecule has 0 atom stereocenters. The number of halogens is 3. The van der Waals surface area contributed by atoms with Crippen LogP contribution in [0.2, 0.25) is 0 Å². The molecule has 0 bridgehead atoms. The lowest BCUT2D eigenvalue weighted by molar-refractivity contribution is -0.140. The second kappa shape index (κ2) is 4.94. The fourth-order valence-corrected chi connectivity index (χ4v) is 0.387. The van der Waals surface area contributed by atoms with E-state index in [2.05, 4.69) is 10.6 Å². The molecule has 0 unspecified atom stereocenters. The maximum absolute atomic E-state index is 11.5. The molecule has 3 N–H and O–H groups in total. The molecule has 12 heavy (non-hydrogen) atoms. The van der Waals surface area contributed by atoms with Gasteiger partial charge in [-0.1, -0.05) is 0 Å². The lowest BCUT2D eigenvalue weighted by Crippen LogP contribution is -2.27. The number of carbonyl (C=O) groups is 1. The Bertz CT molecular complexity index is 148. The van der Waals surface area contributed by atoms with Gasteiger partial charge in [0.2, 0.25) is 5.91 Å². The summed E-state index contributed by atoms with van der Waals surface area (Å²) in [5, 5.41) is 0. The lowest BCUT2D eigenvalue weighted by Gasteiger charge is -2.06. The summed E-state index contributed by atoms with van der Waals surface area (Å²) < 4.78 is 34.4. The number of hydrogen-bond acceptors (Lipinski definition) is 3. The van der Waals surface area contributed by atoms with E-state index in [0.717, 1.165) is 0 Å². The summed E-state index contributed by atoms with van der Waals surface area (Å²) in [5.41, 5.74) is 6.59. The zero-order chi connectivity index (χ0) is 9.61. The number of nitrogens with one attached hydrogen (secondary N) is 1. The monoisotopic (exact) mass is 186 g/mol. The Morgan fingerprint density at radius 1 is 1.50 bits per heavy atom. The van der Waals surface area contributed by atoms with Crippen molar-refractivity contribution in [2.24, 2.45) is 5.73 Å². The molecule has 7 heteroatoms. The van der Waals surface area contributed by atoms with Gasteiger partial charge in [0.15, 0.2) is 0 Å². The SMILES string of the molecule is NC(=O)CONCCC(F)(F)F. The van der Waals surface area contributed by atoms with Crippen molar-refractivity contribution in [3.05, 3.63) is 0 Å². The highest BCUT2D eigenvalue weighted by Crippen LogP contribution is 2.17. The standard InChI is InChI=1S/C5H9F3N2O2/c6-5(7,8)1-2-10-12-3-4(9)11/h10H,1-3H2,(H2,9,11). The summed E-state index contributed by atoms with van der Waals surface area (Å²) in [6, 6.07) is 0. The van der Waals surface area contributed by atoms with Crippen molar-refractivity contribution in [3.8, 4) is 0 Å². The maximum Gasteiger partial charge on any atom is 0.390 e. The predicted octanol–water partition coefficient (Wildman–Crippen LogP) is -0.0547. The Labute approximate surface area is 66.8 Å². The van der Waals surface area contributed by atoms with Crippen molar-refractivity contribution >= 4 is 5.91 Å². The molecule has 0 rings (SSSR count). The highest BCUT2D eigenvalue weighted by molar-refractivity contribution is 5.74. The van der Waals surface area contributed by atoms with Crippen LogP contribution in [0.4, 0.5) is 13.2 Å². The first kappa shape index (κ1) is 11.2. The van der Waals surface area contributed by atoms with E-state index in [1.165, 1.54) is 0 Å². The molecule has 0 spiro atoms. The van der Waals surface area contributed by atoms with Gasteiger partial charge in [-0.15, -0.1) is 0 Å². The topological polar surface area (TPSA) is 64.4 Å². The van der Waals surface area contributed by atoms with Crippen LogP contribution in [0.25, 0.3) is 0 Å². The molecule has 0 fully saturated rings. The Morgan fingerprint density at radius 2 is 2.08 bits per heavy atom. The van der Waals surface area contributed by atoms with Crippen molar-refractivity contribution < 1.29 is 22.8 Å². The molecular weight excluding hydrogens is 177 g/mol. The molecular formula is C5H9F3N2O2. The highest BCUT2D eigenvalue weighted by Gasteiger charge is 2.26. The van der Waals surface area contributed by atoms with Crippen molar-refractivity contribution in [1.82, 2.24) is 5.48 Å². The van der Waals surface area contributed by atoms with E-state index in [4.69, 9.17) is 0 Å². The fraction of sp³-hybridized carbons (Fsp3) is 0.800. The minimum Gasteiger partial charge on any atom is -0.368 e. The smallest absolute Gasteiger partial charge is 0.368 e. The van der Waals surface area contributed by atoms with Crippen molar-refractivity contribution in [2.45, 2.75) is 12.6 Å². The van der Waals surface area contributed by atoms with Crippen LogP contribution in [-0.4, -0.2) is 25.2 Å². The summed E-state index contributed by atoms with van der Waals surface area (Å²) in [6.07, 6.45) is -5.23. The fourth-order valence-electron chi connectivity index (χ4n) is 0.387. The van der Waals surface area contributed by atoms with Gasteiger partial charge in [-0.2, -0.15) is 13.2 Å². The number of rotatable bonds is 5. The van der Waals surface area contributed by atoms with Gasteiger partial charge in [-0.05, 0) is 0 Å². The van der Waals surface area contributed by atoms with Gasteiger partial charge in [0.25, 0.3) is 0 Å². The molecule has 0 aliphatic heterocycles. The number of hydrogen-bond donors (Lipinski definition) is 2.